The van der Waals surface area contributed by atoms with Gasteiger partial charge in [0.25, 0.3) is 0 Å². The SMILES string of the molecule is COC[C@@H](C)CC(C)(C)C. The molecule has 0 amide bonds. The van der Waals surface area contributed by atoms with Crippen molar-refractivity contribution in [2.75, 3.05) is 13.7 Å². The molecular formula is C9H20O. The molecule has 0 aliphatic heterocycles. The van der Waals surface area contributed by atoms with E-state index in [-0.39, 0.29) is 0 Å². The van der Waals surface area contributed by atoms with Gasteiger partial charge in [0.15, 0.2) is 0 Å². The van der Waals surface area contributed by atoms with Gasteiger partial charge in [-0.05, 0) is 17.8 Å². The topological polar surface area (TPSA) is 9.23 Å². The van der Waals surface area contributed by atoms with Crippen LogP contribution in [0.15, 0.2) is 0 Å². The molecule has 0 unspecified atom stereocenters. The smallest absolute Gasteiger partial charge is 0.0488 e. The molecule has 1 nitrogen and oxygen atoms in total. The molecule has 0 bridgehead atoms. The molecule has 0 aromatic heterocycles. The van der Waals surface area contributed by atoms with Crippen LogP contribution >= 0.6 is 0 Å². The molecule has 0 fully saturated rings. The van der Waals surface area contributed by atoms with E-state index < -0.39 is 0 Å². The fourth-order valence-corrected chi connectivity index (χ4v) is 1.39. The minimum atomic E-state index is 0.442. The van der Waals surface area contributed by atoms with Gasteiger partial charge in [0, 0.05) is 13.7 Å². The lowest BCUT2D eigenvalue weighted by Crippen LogP contribution is -2.14. The Morgan fingerprint density at radius 3 is 2.10 bits per heavy atom. The van der Waals surface area contributed by atoms with E-state index in [1.807, 2.05) is 0 Å². The third-order valence-corrected chi connectivity index (χ3v) is 1.41. The van der Waals surface area contributed by atoms with Crippen molar-refractivity contribution in [1.82, 2.24) is 0 Å². The third-order valence-electron chi connectivity index (χ3n) is 1.41. The zero-order chi connectivity index (χ0) is 8.20. The van der Waals surface area contributed by atoms with E-state index in [1.165, 1.54) is 6.42 Å². The van der Waals surface area contributed by atoms with Crippen LogP contribution in [0.2, 0.25) is 0 Å². The predicted molar refractivity (Wildman–Crippen MR) is 45.1 cm³/mol. The average Bonchev–Trinajstić information content (AvgIpc) is 1.59. The Labute approximate surface area is 64.8 Å². The quantitative estimate of drug-likeness (QED) is 0.591. The van der Waals surface area contributed by atoms with E-state index in [0.717, 1.165) is 6.61 Å². The van der Waals surface area contributed by atoms with Crippen molar-refractivity contribution in [3.05, 3.63) is 0 Å². The lowest BCUT2D eigenvalue weighted by Gasteiger charge is -2.22. The standard InChI is InChI=1S/C9H20O/c1-8(7-10-5)6-9(2,3)4/h8H,6-7H2,1-5H3/t8-/m0/s1. The normalized spacial score (nSPS) is 15.3. The molecular weight excluding hydrogens is 124 g/mol. The number of hydrogen-bond donors (Lipinski definition) is 0. The molecule has 0 saturated heterocycles. The van der Waals surface area contributed by atoms with E-state index in [9.17, 15) is 0 Å². The summed E-state index contributed by atoms with van der Waals surface area (Å²) in [7, 11) is 1.76. The van der Waals surface area contributed by atoms with Crippen LogP contribution in [-0.4, -0.2) is 13.7 Å². The summed E-state index contributed by atoms with van der Waals surface area (Å²) in [5.41, 5.74) is 0.442. The monoisotopic (exact) mass is 144 g/mol. The van der Waals surface area contributed by atoms with E-state index in [0.29, 0.717) is 11.3 Å². The van der Waals surface area contributed by atoms with Gasteiger partial charge in [0.1, 0.15) is 0 Å². The molecule has 0 rings (SSSR count). The summed E-state index contributed by atoms with van der Waals surface area (Å²) in [6, 6.07) is 0. The van der Waals surface area contributed by atoms with Gasteiger partial charge in [0.2, 0.25) is 0 Å². The molecule has 0 saturated carbocycles. The molecule has 0 aliphatic carbocycles. The van der Waals surface area contributed by atoms with E-state index in [1.54, 1.807) is 7.11 Å². The van der Waals surface area contributed by atoms with Gasteiger partial charge in [-0.3, -0.25) is 0 Å². The maximum atomic E-state index is 5.05. The summed E-state index contributed by atoms with van der Waals surface area (Å²) in [6.07, 6.45) is 1.24. The fraction of sp³-hybridized carbons (Fsp3) is 1.00. The van der Waals surface area contributed by atoms with Gasteiger partial charge in [0.05, 0.1) is 0 Å². The van der Waals surface area contributed by atoms with Crippen LogP contribution in [-0.2, 0) is 4.74 Å². The molecule has 0 aromatic rings. The highest BCUT2D eigenvalue weighted by atomic mass is 16.5. The molecule has 0 spiro atoms. The molecule has 0 N–H and O–H groups in total. The zero-order valence-corrected chi connectivity index (χ0v) is 7.90. The summed E-state index contributed by atoms with van der Waals surface area (Å²) < 4.78 is 5.05. The maximum absolute atomic E-state index is 5.05. The van der Waals surface area contributed by atoms with E-state index in [4.69, 9.17) is 4.74 Å². The summed E-state index contributed by atoms with van der Waals surface area (Å²) >= 11 is 0. The number of hydrogen-bond acceptors (Lipinski definition) is 1. The Kier molecular flexibility index (Phi) is 3.95. The zero-order valence-electron chi connectivity index (χ0n) is 7.90. The number of rotatable bonds is 3. The first-order valence-corrected chi connectivity index (χ1v) is 3.94. The van der Waals surface area contributed by atoms with Gasteiger partial charge in [-0.2, -0.15) is 0 Å². The summed E-state index contributed by atoms with van der Waals surface area (Å²) in [5.74, 6) is 0.685. The Morgan fingerprint density at radius 2 is 1.80 bits per heavy atom. The van der Waals surface area contributed by atoms with Crippen molar-refractivity contribution >= 4 is 0 Å². The van der Waals surface area contributed by atoms with Crippen molar-refractivity contribution in [3.8, 4) is 0 Å². The van der Waals surface area contributed by atoms with Crippen molar-refractivity contribution < 1.29 is 4.74 Å². The third kappa shape index (κ3) is 6.09. The van der Waals surface area contributed by atoms with Gasteiger partial charge in [-0.1, -0.05) is 27.7 Å². The van der Waals surface area contributed by atoms with Crippen LogP contribution in [0.3, 0.4) is 0 Å². The van der Waals surface area contributed by atoms with Crippen molar-refractivity contribution in [1.29, 1.82) is 0 Å². The Morgan fingerprint density at radius 1 is 1.30 bits per heavy atom. The lowest BCUT2D eigenvalue weighted by atomic mass is 9.86. The Bertz CT molecular complexity index is 81.2. The number of methoxy groups -OCH3 is 1. The van der Waals surface area contributed by atoms with Crippen molar-refractivity contribution in [2.24, 2.45) is 11.3 Å². The highest BCUT2D eigenvalue weighted by Gasteiger charge is 2.14. The molecule has 0 radical (unpaired) electrons. The Hall–Kier alpha value is -0.0400. The molecule has 1 heteroatoms. The van der Waals surface area contributed by atoms with Crippen LogP contribution in [0.4, 0.5) is 0 Å². The van der Waals surface area contributed by atoms with E-state index in [2.05, 4.69) is 27.7 Å². The molecule has 62 valence electrons. The maximum Gasteiger partial charge on any atom is 0.0488 e. The van der Waals surface area contributed by atoms with Crippen molar-refractivity contribution in [3.63, 3.8) is 0 Å². The molecule has 0 aliphatic rings. The fourth-order valence-electron chi connectivity index (χ4n) is 1.39. The van der Waals surface area contributed by atoms with Gasteiger partial charge >= 0.3 is 0 Å². The number of ether oxygens (including phenoxy) is 1. The van der Waals surface area contributed by atoms with Gasteiger partial charge in [-0.15, -0.1) is 0 Å². The van der Waals surface area contributed by atoms with Gasteiger partial charge < -0.3 is 4.74 Å². The second-order valence-electron chi connectivity index (χ2n) is 4.33. The van der Waals surface area contributed by atoms with Crippen LogP contribution in [0, 0.1) is 11.3 Å². The van der Waals surface area contributed by atoms with Crippen LogP contribution in [0.1, 0.15) is 34.1 Å². The van der Waals surface area contributed by atoms with Crippen LogP contribution in [0.5, 0.6) is 0 Å². The molecule has 0 aromatic carbocycles. The van der Waals surface area contributed by atoms with Crippen LogP contribution < -0.4 is 0 Å². The predicted octanol–water partition coefficient (Wildman–Crippen LogP) is 2.71. The van der Waals surface area contributed by atoms with Crippen molar-refractivity contribution in [2.45, 2.75) is 34.1 Å². The first-order chi connectivity index (χ1) is 4.45. The second-order valence-corrected chi connectivity index (χ2v) is 4.33. The molecule has 10 heavy (non-hydrogen) atoms. The van der Waals surface area contributed by atoms with E-state index >= 15 is 0 Å². The first-order valence-electron chi connectivity index (χ1n) is 3.94. The summed E-state index contributed by atoms with van der Waals surface area (Å²) in [6.45, 7) is 9.91. The highest BCUT2D eigenvalue weighted by Crippen LogP contribution is 2.23. The average molecular weight is 144 g/mol. The minimum absolute atomic E-state index is 0.442. The second kappa shape index (κ2) is 3.97. The van der Waals surface area contributed by atoms with Crippen LogP contribution in [0.25, 0.3) is 0 Å². The largest absolute Gasteiger partial charge is 0.384 e. The van der Waals surface area contributed by atoms with Gasteiger partial charge in [-0.25, -0.2) is 0 Å². The Balaban J connectivity index is 3.47. The molecule has 1 atom stereocenters. The minimum Gasteiger partial charge on any atom is -0.384 e. The summed E-state index contributed by atoms with van der Waals surface area (Å²) in [4.78, 5) is 0. The highest BCUT2D eigenvalue weighted by molar-refractivity contribution is 4.65. The first kappa shape index (κ1) is 9.96. The lowest BCUT2D eigenvalue weighted by molar-refractivity contribution is 0.135. The molecule has 0 heterocycles. The summed E-state index contributed by atoms with van der Waals surface area (Å²) in [5, 5.41) is 0.